The molecule has 2 rings (SSSR count). The van der Waals surface area contributed by atoms with E-state index < -0.39 is 5.97 Å². The Morgan fingerprint density at radius 3 is 2.61 bits per heavy atom. The van der Waals surface area contributed by atoms with Crippen molar-refractivity contribution in [1.29, 1.82) is 0 Å². The molecule has 0 amide bonds. The summed E-state index contributed by atoms with van der Waals surface area (Å²) >= 11 is 1.31. The number of nitrogens with zero attached hydrogens (tertiary/aromatic N) is 1. The van der Waals surface area contributed by atoms with Gasteiger partial charge in [0.25, 0.3) is 0 Å². The molecule has 3 N–H and O–H groups in total. The van der Waals surface area contributed by atoms with Crippen molar-refractivity contribution in [2.45, 2.75) is 16.8 Å². The van der Waals surface area contributed by atoms with E-state index in [0.717, 1.165) is 10.5 Å². The number of nitrogens with two attached hydrogens (primary N) is 1. The molecule has 92 valence electrons. The third-order valence-electron chi connectivity index (χ3n) is 2.34. The first-order valence-corrected chi connectivity index (χ1v) is 6.11. The van der Waals surface area contributed by atoms with Gasteiger partial charge in [0, 0.05) is 4.90 Å². The number of hydrogen-bond donors (Lipinski definition) is 2. The molecule has 5 heteroatoms. The van der Waals surface area contributed by atoms with Crippen LogP contribution in [0.5, 0.6) is 0 Å². The van der Waals surface area contributed by atoms with Crippen molar-refractivity contribution < 1.29 is 9.90 Å². The van der Waals surface area contributed by atoms with Gasteiger partial charge in [0.05, 0.1) is 17.4 Å². The lowest BCUT2D eigenvalue weighted by Crippen LogP contribution is -2.02. The summed E-state index contributed by atoms with van der Waals surface area (Å²) in [6.45, 7) is 2.00. The van der Waals surface area contributed by atoms with Gasteiger partial charge in [-0.25, -0.2) is 9.78 Å². The number of carboxylic acids is 1. The average Bonchev–Trinajstić information content (AvgIpc) is 2.34. The van der Waals surface area contributed by atoms with E-state index in [4.69, 9.17) is 10.8 Å². The first kappa shape index (κ1) is 12.4. The summed E-state index contributed by atoms with van der Waals surface area (Å²) in [6, 6.07) is 9.24. The largest absolute Gasteiger partial charge is 0.478 e. The van der Waals surface area contributed by atoms with Crippen LogP contribution in [0, 0.1) is 6.92 Å². The van der Waals surface area contributed by atoms with Gasteiger partial charge >= 0.3 is 5.97 Å². The van der Waals surface area contributed by atoms with Crippen molar-refractivity contribution in [3.05, 3.63) is 47.7 Å². The first-order chi connectivity index (χ1) is 8.56. The molecule has 0 spiro atoms. The molecule has 0 aliphatic carbocycles. The molecule has 0 atom stereocenters. The maximum atomic E-state index is 11.1. The molecule has 1 aromatic heterocycles. The Labute approximate surface area is 109 Å². The number of hydrogen-bond acceptors (Lipinski definition) is 4. The lowest BCUT2D eigenvalue weighted by molar-refractivity contribution is 0.0692. The van der Waals surface area contributed by atoms with Crippen LogP contribution in [0.3, 0.4) is 0 Å². The van der Waals surface area contributed by atoms with Crippen molar-refractivity contribution in [2.75, 3.05) is 5.73 Å². The zero-order valence-corrected chi connectivity index (χ0v) is 10.6. The maximum Gasteiger partial charge on any atom is 0.338 e. The Morgan fingerprint density at radius 2 is 2.00 bits per heavy atom. The zero-order chi connectivity index (χ0) is 13.1. The molecule has 0 unspecified atom stereocenters. The Bertz CT molecular complexity index is 582. The molecular formula is C13H12N2O2S. The molecule has 1 aromatic carbocycles. The summed E-state index contributed by atoms with van der Waals surface area (Å²) in [7, 11) is 0. The predicted molar refractivity (Wildman–Crippen MR) is 70.9 cm³/mol. The molecule has 18 heavy (non-hydrogen) atoms. The van der Waals surface area contributed by atoms with Gasteiger partial charge in [0.15, 0.2) is 0 Å². The number of anilines is 1. The van der Waals surface area contributed by atoms with Gasteiger partial charge in [-0.3, -0.25) is 0 Å². The number of pyridine rings is 1. The van der Waals surface area contributed by atoms with E-state index >= 15 is 0 Å². The fraction of sp³-hybridized carbons (Fsp3) is 0.0769. The third-order valence-corrected chi connectivity index (χ3v) is 3.36. The van der Waals surface area contributed by atoms with Crippen LogP contribution in [-0.2, 0) is 0 Å². The lowest BCUT2D eigenvalue weighted by atomic mass is 10.2. The van der Waals surface area contributed by atoms with Crippen LogP contribution in [0.1, 0.15) is 15.9 Å². The highest BCUT2D eigenvalue weighted by molar-refractivity contribution is 7.99. The van der Waals surface area contributed by atoms with Crippen LogP contribution in [0.15, 0.2) is 46.5 Å². The maximum absolute atomic E-state index is 11.1. The standard InChI is InChI=1S/C13H12N2O2S/c1-8-2-4-10(5-3-8)18-12-11(13(16)17)6-9(14)7-15-12/h2-7H,14H2,1H3,(H,16,17). The summed E-state index contributed by atoms with van der Waals surface area (Å²) in [5, 5.41) is 9.55. The third kappa shape index (κ3) is 2.81. The monoisotopic (exact) mass is 260 g/mol. The van der Waals surface area contributed by atoms with E-state index in [1.54, 1.807) is 0 Å². The van der Waals surface area contributed by atoms with Crippen LogP contribution in [-0.4, -0.2) is 16.1 Å². The Hall–Kier alpha value is -2.01. The zero-order valence-electron chi connectivity index (χ0n) is 9.75. The molecule has 1 heterocycles. The second-order valence-corrected chi connectivity index (χ2v) is 4.90. The van der Waals surface area contributed by atoms with Gasteiger partial charge in [0.1, 0.15) is 5.03 Å². The van der Waals surface area contributed by atoms with E-state index in [9.17, 15) is 4.79 Å². The highest BCUT2D eigenvalue weighted by Crippen LogP contribution is 2.29. The number of carbonyl (C=O) groups is 1. The van der Waals surface area contributed by atoms with Gasteiger partial charge in [0.2, 0.25) is 0 Å². The van der Waals surface area contributed by atoms with Crippen LogP contribution < -0.4 is 5.73 Å². The first-order valence-electron chi connectivity index (χ1n) is 5.29. The van der Waals surface area contributed by atoms with E-state index in [0.29, 0.717) is 10.7 Å². The number of aromatic carboxylic acids is 1. The van der Waals surface area contributed by atoms with E-state index in [2.05, 4.69) is 4.98 Å². The van der Waals surface area contributed by atoms with Gasteiger partial charge in [-0.1, -0.05) is 29.5 Å². The molecule has 0 radical (unpaired) electrons. The Morgan fingerprint density at radius 1 is 1.33 bits per heavy atom. The minimum atomic E-state index is -1.02. The number of aromatic nitrogens is 1. The van der Waals surface area contributed by atoms with Crippen LogP contribution in [0.25, 0.3) is 0 Å². The fourth-order valence-corrected chi connectivity index (χ4v) is 2.28. The fourth-order valence-electron chi connectivity index (χ4n) is 1.42. The van der Waals surface area contributed by atoms with Crippen molar-refractivity contribution in [3.63, 3.8) is 0 Å². The second kappa shape index (κ2) is 5.10. The van der Waals surface area contributed by atoms with E-state index in [1.165, 1.54) is 24.0 Å². The minimum Gasteiger partial charge on any atom is -0.478 e. The number of benzene rings is 1. The number of carboxylic acid groups (broad SMARTS) is 1. The second-order valence-electron chi connectivity index (χ2n) is 3.84. The van der Waals surface area contributed by atoms with E-state index in [-0.39, 0.29) is 5.56 Å². The summed E-state index contributed by atoms with van der Waals surface area (Å²) in [6.07, 6.45) is 1.46. The Kier molecular flexibility index (Phi) is 3.53. The lowest BCUT2D eigenvalue weighted by Gasteiger charge is -2.06. The van der Waals surface area contributed by atoms with Crippen molar-refractivity contribution in [3.8, 4) is 0 Å². The van der Waals surface area contributed by atoms with Crippen molar-refractivity contribution >= 4 is 23.4 Å². The number of rotatable bonds is 3. The van der Waals surface area contributed by atoms with Crippen molar-refractivity contribution in [2.24, 2.45) is 0 Å². The predicted octanol–water partition coefficient (Wildman–Crippen LogP) is 2.82. The quantitative estimate of drug-likeness (QED) is 0.887. The smallest absolute Gasteiger partial charge is 0.338 e. The van der Waals surface area contributed by atoms with Crippen LogP contribution >= 0.6 is 11.8 Å². The minimum absolute atomic E-state index is 0.126. The molecule has 0 aliphatic heterocycles. The molecule has 0 fully saturated rings. The molecule has 0 saturated heterocycles. The number of aryl methyl sites for hydroxylation is 1. The molecule has 4 nitrogen and oxygen atoms in total. The molecule has 2 aromatic rings. The molecule has 0 bridgehead atoms. The van der Waals surface area contributed by atoms with Gasteiger partial charge in [-0.05, 0) is 25.1 Å². The normalized spacial score (nSPS) is 10.3. The summed E-state index contributed by atoms with van der Waals surface area (Å²) in [5.74, 6) is -1.02. The van der Waals surface area contributed by atoms with Crippen molar-refractivity contribution in [1.82, 2.24) is 4.98 Å². The summed E-state index contributed by atoms with van der Waals surface area (Å²) in [4.78, 5) is 16.1. The average molecular weight is 260 g/mol. The van der Waals surface area contributed by atoms with Gasteiger partial charge in [-0.2, -0.15) is 0 Å². The van der Waals surface area contributed by atoms with Crippen LogP contribution in [0.4, 0.5) is 5.69 Å². The summed E-state index contributed by atoms with van der Waals surface area (Å²) < 4.78 is 0. The highest BCUT2D eigenvalue weighted by Gasteiger charge is 2.13. The molecule has 0 aliphatic rings. The topological polar surface area (TPSA) is 76.2 Å². The Balaban J connectivity index is 2.34. The van der Waals surface area contributed by atoms with Crippen LogP contribution in [0.2, 0.25) is 0 Å². The molecular weight excluding hydrogens is 248 g/mol. The van der Waals surface area contributed by atoms with Gasteiger partial charge < -0.3 is 10.8 Å². The molecule has 0 saturated carbocycles. The van der Waals surface area contributed by atoms with Gasteiger partial charge in [-0.15, -0.1) is 0 Å². The summed E-state index contributed by atoms with van der Waals surface area (Å²) in [5.41, 5.74) is 7.17. The SMILES string of the molecule is Cc1ccc(Sc2ncc(N)cc2C(=O)O)cc1. The number of nitrogen functional groups attached to an aromatic ring is 1. The van der Waals surface area contributed by atoms with E-state index in [1.807, 2.05) is 31.2 Å². The highest BCUT2D eigenvalue weighted by atomic mass is 32.2.